The largest absolute Gasteiger partial charge is 0.395 e. The van der Waals surface area contributed by atoms with Crippen LogP contribution >= 0.6 is 11.6 Å². The Kier molecular flexibility index (Phi) is 4.30. The number of rotatable bonds is 4. The van der Waals surface area contributed by atoms with E-state index in [4.69, 9.17) is 11.6 Å². The van der Waals surface area contributed by atoms with E-state index in [1.807, 2.05) is 26.0 Å². The maximum atomic E-state index is 12.4. The first-order valence-electron chi connectivity index (χ1n) is 7.56. The second-order valence-electron chi connectivity index (χ2n) is 6.31. The van der Waals surface area contributed by atoms with E-state index in [1.165, 1.54) is 0 Å². The summed E-state index contributed by atoms with van der Waals surface area (Å²) in [6.07, 6.45) is 3.44. The van der Waals surface area contributed by atoms with E-state index < -0.39 is 0 Å². The Morgan fingerprint density at radius 1 is 1.21 bits per heavy atom. The van der Waals surface area contributed by atoms with E-state index >= 15 is 0 Å². The molecule has 0 unspecified atom stereocenters. The molecule has 24 heavy (non-hydrogen) atoms. The molecule has 0 aliphatic carbocycles. The van der Waals surface area contributed by atoms with Gasteiger partial charge in [0.2, 0.25) is 0 Å². The number of carbonyl (C=O) groups excluding carboxylic acids is 1. The number of aliphatic hydroxyl groups excluding tert-OH is 1. The SMILES string of the molecule is CC(C)(CO)c1ccc(C(=O)Nc2cn3cc(Cl)ccc3n2)cc1. The number of carbonyl (C=O) groups is 1. The number of benzene rings is 1. The van der Waals surface area contributed by atoms with E-state index in [2.05, 4.69) is 10.3 Å². The Bertz CT molecular complexity index is 885. The summed E-state index contributed by atoms with van der Waals surface area (Å²) < 4.78 is 1.75. The van der Waals surface area contributed by atoms with Gasteiger partial charge in [0.1, 0.15) is 5.65 Å². The minimum Gasteiger partial charge on any atom is -0.395 e. The smallest absolute Gasteiger partial charge is 0.256 e. The zero-order valence-electron chi connectivity index (χ0n) is 13.5. The molecule has 2 aromatic heterocycles. The quantitative estimate of drug-likeness (QED) is 0.761. The van der Waals surface area contributed by atoms with Crippen LogP contribution in [0.2, 0.25) is 5.02 Å². The third-order valence-corrected chi connectivity index (χ3v) is 4.20. The summed E-state index contributed by atoms with van der Waals surface area (Å²) in [7, 11) is 0. The lowest BCUT2D eigenvalue weighted by Crippen LogP contribution is -2.22. The first-order chi connectivity index (χ1) is 11.4. The van der Waals surface area contributed by atoms with Crippen molar-refractivity contribution in [1.29, 1.82) is 0 Å². The van der Waals surface area contributed by atoms with Crippen LogP contribution in [0.1, 0.15) is 29.8 Å². The summed E-state index contributed by atoms with van der Waals surface area (Å²) >= 11 is 5.94. The molecule has 0 aliphatic rings. The van der Waals surface area contributed by atoms with Crippen molar-refractivity contribution in [3.63, 3.8) is 0 Å². The number of nitrogens with one attached hydrogen (secondary N) is 1. The fraction of sp³-hybridized carbons (Fsp3) is 0.222. The lowest BCUT2D eigenvalue weighted by Gasteiger charge is -2.22. The number of halogens is 1. The first kappa shape index (κ1) is 16.5. The number of pyridine rings is 1. The van der Waals surface area contributed by atoms with Crippen molar-refractivity contribution in [2.45, 2.75) is 19.3 Å². The molecule has 0 atom stereocenters. The first-order valence-corrected chi connectivity index (χ1v) is 7.94. The summed E-state index contributed by atoms with van der Waals surface area (Å²) in [5.41, 5.74) is 1.87. The number of imidazole rings is 1. The van der Waals surface area contributed by atoms with Crippen molar-refractivity contribution in [1.82, 2.24) is 9.38 Å². The number of amides is 1. The minimum atomic E-state index is -0.337. The Balaban J connectivity index is 1.78. The number of nitrogens with zero attached hydrogens (tertiary/aromatic N) is 2. The number of fused-ring (bicyclic) bond motifs is 1. The van der Waals surface area contributed by atoms with Crippen molar-refractivity contribution < 1.29 is 9.90 Å². The van der Waals surface area contributed by atoms with Crippen LogP contribution in [0.15, 0.2) is 48.8 Å². The molecule has 0 saturated heterocycles. The molecule has 124 valence electrons. The average Bonchev–Trinajstić information content (AvgIpc) is 2.96. The molecule has 5 nitrogen and oxygen atoms in total. The third kappa shape index (κ3) is 3.27. The van der Waals surface area contributed by atoms with Gasteiger partial charge in [-0.1, -0.05) is 37.6 Å². The molecule has 6 heteroatoms. The molecule has 0 bridgehead atoms. The van der Waals surface area contributed by atoms with Gasteiger partial charge in [-0.25, -0.2) is 4.98 Å². The maximum Gasteiger partial charge on any atom is 0.256 e. The zero-order chi connectivity index (χ0) is 17.3. The van der Waals surface area contributed by atoms with Crippen LogP contribution in [-0.2, 0) is 5.41 Å². The van der Waals surface area contributed by atoms with Gasteiger partial charge in [-0.05, 0) is 29.8 Å². The average molecular weight is 344 g/mol. The van der Waals surface area contributed by atoms with Crippen molar-refractivity contribution >= 4 is 29.0 Å². The Hall–Kier alpha value is -2.37. The van der Waals surface area contributed by atoms with E-state index in [-0.39, 0.29) is 17.9 Å². The molecule has 2 N–H and O–H groups in total. The summed E-state index contributed by atoms with van der Waals surface area (Å²) in [6.45, 7) is 3.94. The highest BCUT2D eigenvalue weighted by molar-refractivity contribution is 6.30. The summed E-state index contributed by atoms with van der Waals surface area (Å²) in [5, 5.41) is 12.8. The third-order valence-electron chi connectivity index (χ3n) is 3.98. The second kappa shape index (κ2) is 6.26. The molecule has 0 fully saturated rings. The molecule has 0 saturated carbocycles. The van der Waals surface area contributed by atoms with Crippen molar-refractivity contribution in [2.24, 2.45) is 0 Å². The number of hydrogen-bond donors (Lipinski definition) is 2. The van der Waals surface area contributed by atoms with Crippen LogP contribution in [0, 0.1) is 0 Å². The molecule has 1 aromatic carbocycles. The van der Waals surface area contributed by atoms with E-state index in [9.17, 15) is 9.90 Å². The topological polar surface area (TPSA) is 66.6 Å². The van der Waals surface area contributed by atoms with E-state index in [0.717, 1.165) is 5.56 Å². The van der Waals surface area contributed by atoms with Crippen molar-refractivity contribution in [3.05, 3.63) is 64.9 Å². The van der Waals surface area contributed by atoms with Crippen molar-refractivity contribution in [3.8, 4) is 0 Å². The molecule has 2 heterocycles. The van der Waals surface area contributed by atoms with Gasteiger partial charge in [-0.15, -0.1) is 0 Å². The molecule has 0 radical (unpaired) electrons. The maximum absolute atomic E-state index is 12.4. The summed E-state index contributed by atoms with van der Waals surface area (Å²) in [5.74, 6) is 0.222. The lowest BCUT2D eigenvalue weighted by atomic mass is 9.85. The minimum absolute atomic E-state index is 0.0440. The summed E-state index contributed by atoms with van der Waals surface area (Å²) in [4.78, 5) is 16.7. The van der Waals surface area contributed by atoms with Crippen LogP contribution in [0.4, 0.5) is 5.82 Å². The monoisotopic (exact) mass is 343 g/mol. The Labute approximate surface area is 144 Å². The van der Waals surface area contributed by atoms with Crippen LogP contribution in [0.3, 0.4) is 0 Å². The fourth-order valence-electron chi connectivity index (χ4n) is 2.38. The molecular formula is C18H18ClN3O2. The van der Waals surface area contributed by atoms with Gasteiger partial charge in [0.25, 0.3) is 5.91 Å². The van der Waals surface area contributed by atoms with Gasteiger partial charge >= 0.3 is 0 Å². The standard InChI is InChI=1S/C18H18ClN3O2/c1-18(2,11-23)13-5-3-12(4-6-13)17(24)21-15-10-22-9-14(19)7-8-16(22)20-15/h3-10,23H,11H2,1-2H3,(H,21,24). The Morgan fingerprint density at radius 2 is 1.92 bits per heavy atom. The Morgan fingerprint density at radius 3 is 2.58 bits per heavy atom. The van der Waals surface area contributed by atoms with Crippen LogP contribution in [0.5, 0.6) is 0 Å². The summed E-state index contributed by atoms with van der Waals surface area (Å²) in [6, 6.07) is 10.7. The van der Waals surface area contributed by atoms with Gasteiger partial charge in [-0.2, -0.15) is 0 Å². The highest BCUT2D eigenvalue weighted by atomic mass is 35.5. The molecule has 1 amide bonds. The van der Waals surface area contributed by atoms with Gasteiger partial charge in [0.15, 0.2) is 5.82 Å². The van der Waals surface area contributed by atoms with Gasteiger partial charge in [0.05, 0.1) is 17.8 Å². The van der Waals surface area contributed by atoms with E-state index in [0.29, 0.717) is 22.1 Å². The van der Waals surface area contributed by atoms with Gasteiger partial charge < -0.3 is 14.8 Å². The molecular weight excluding hydrogens is 326 g/mol. The highest BCUT2D eigenvalue weighted by Gasteiger charge is 2.19. The molecule has 3 aromatic rings. The van der Waals surface area contributed by atoms with E-state index in [1.54, 1.807) is 41.1 Å². The highest BCUT2D eigenvalue weighted by Crippen LogP contribution is 2.23. The molecule has 0 aliphatic heterocycles. The predicted molar refractivity (Wildman–Crippen MR) is 94.7 cm³/mol. The van der Waals surface area contributed by atoms with Crippen LogP contribution < -0.4 is 5.32 Å². The van der Waals surface area contributed by atoms with Crippen LogP contribution in [-0.4, -0.2) is 27.0 Å². The zero-order valence-corrected chi connectivity index (χ0v) is 14.2. The normalized spacial score (nSPS) is 11.7. The lowest BCUT2D eigenvalue weighted by molar-refractivity contribution is 0.102. The second-order valence-corrected chi connectivity index (χ2v) is 6.75. The number of aromatic nitrogens is 2. The number of anilines is 1. The van der Waals surface area contributed by atoms with Crippen molar-refractivity contribution in [2.75, 3.05) is 11.9 Å². The molecule has 0 spiro atoms. The van der Waals surface area contributed by atoms with Gasteiger partial charge in [0, 0.05) is 17.2 Å². The predicted octanol–water partition coefficient (Wildman–Crippen LogP) is 3.51. The van der Waals surface area contributed by atoms with Crippen LogP contribution in [0.25, 0.3) is 5.65 Å². The molecule has 3 rings (SSSR count). The number of hydrogen-bond acceptors (Lipinski definition) is 3. The fourth-order valence-corrected chi connectivity index (χ4v) is 2.55. The number of aliphatic hydroxyl groups is 1. The van der Waals surface area contributed by atoms with Gasteiger partial charge in [-0.3, -0.25) is 4.79 Å².